The average molecular weight is 550 g/mol. The van der Waals surface area contributed by atoms with Crippen LogP contribution in [0.1, 0.15) is 19.4 Å². The van der Waals surface area contributed by atoms with Crippen LogP contribution in [-0.2, 0) is 9.53 Å². The van der Waals surface area contributed by atoms with Crippen LogP contribution in [0.25, 0.3) is 22.3 Å². The van der Waals surface area contributed by atoms with E-state index < -0.39 is 12.1 Å². The molecule has 0 saturated carbocycles. The Bertz CT molecular complexity index is 1480. The van der Waals surface area contributed by atoms with Crippen molar-refractivity contribution in [1.29, 1.82) is 0 Å². The van der Waals surface area contributed by atoms with Crippen LogP contribution < -0.4 is 15.0 Å². The lowest BCUT2D eigenvalue weighted by Crippen LogP contribution is -2.25. The summed E-state index contributed by atoms with van der Waals surface area (Å²) < 4.78 is 18.1. The molecule has 184 valence electrons. The molecular weight excluding hydrogens is 526 g/mol. The van der Waals surface area contributed by atoms with Crippen molar-refractivity contribution in [3.05, 3.63) is 87.1 Å². The number of carbonyl (C=O) groups is 1. The molecule has 0 spiro atoms. The van der Waals surface area contributed by atoms with E-state index in [2.05, 4.69) is 21.0 Å². The van der Waals surface area contributed by atoms with E-state index in [1.807, 2.05) is 43.3 Å². The number of esters is 1. The average Bonchev–Trinajstić information content (AvgIpc) is 2.90. The molecule has 3 aromatic carbocycles. The molecule has 0 aliphatic carbocycles. The van der Waals surface area contributed by atoms with E-state index in [1.54, 1.807) is 43.5 Å². The highest BCUT2D eigenvalue weighted by atomic mass is 79.9. The van der Waals surface area contributed by atoms with Gasteiger partial charge in [-0.3, -0.25) is 4.79 Å². The van der Waals surface area contributed by atoms with Crippen LogP contribution in [0.3, 0.4) is 0 Å². The molecule has 0 aliphatic rings. The van der Waals surface area contributed by atoms with Gasteiger partial charge in [0.25, 0.3) is 5.56 Å². The zero-order valence-electron chi connectivity index (χ0n) is 20.0. The summed E-state index contributed by atoms with van der Waals surface area (Å²) in [5.74, 6) is 0.691. The number of fused-ring (bicyclic) bond motifs is 1. The van der Waals surface area contributed by atoms with Crippen molar-refractivity contribution in [2.24, 2.45) is 5.10 Å². The Labute approximate surface area is 216 Å². The van der Waals surface area contributed by atoms with Crippen molar-refractivity contribution in [1.82, 2.24) is 9.66 Å². The Balaban J connectivity index is 1.79. The number of nitrogens with zero attached hydrogens (tertiary/aromatic N) is 3. The first-order chi connectivity index (χ1) is 17.4. The lowest BCUT2D eigenvalue weighted by atomic mass is 10.2. The van der Waals surface area contributed by atoms with Gasteiger partial charge in [0.15, 0.2) is 23.4 Å². The number of carbonyl (C=O) groups excluding carboxylic acids is 1. The Kier molecular flexibility index (Phi) is 7.80. The highest BCUT2D eigenvalue weighted by Crippen LogP contribution is 2.37. The standard InChI is InChI=1S/C27H24BrN3O5/c1-4-35-23-15-18(14-21(28)24(23)36-17(2)27(33)34-3)16-29-31-25(19-10-6-5-7-11-19)30-22-13-9-8-12-20(22)26(31)32/h5-17H,4H2,1-3H3/t17-/m1/s1. The maximum Gasteiger partial charge on any atom is 0.346 e. The molecule has 0 radical (unpaired) electrons. The Morgan fingerprint density at radius 1 is 1.14 bits per heavy atom. The van der Waals surface area contributed by atoms with Gasteiger partial charge in [-0.15, -0.1) is 0 Å². The second kappa shape index (κ2) is 11.2. The molecule has 4 rings (SSSR count). The predicted octanol–water partition coefficient (Wildman–Crippen LogP) is 5.05. The fourth-order valence-electron chi connectivity index (χ4n) is 3.56. The normalized spacial score (nSPS) is 12.0. The predicted molar refractivity (Wildman–Crippen MR) is 142 cm³/mol. The van der Waals surface area contributed by atoms with Crippen LogP contribution in [-0.4, -0.2) is 41.7 Å². The topological polar surface area (TPSA) is 92.0 Å². The van der Waals surface area contributed by atoms with Gasteiger partial charge in [0.05, 0.1) is 35.3 Å². The van der Waals surface area contributed by atoms with Crippen LogP contribution >= 0.6 is 15.9 Å². The maximum absolute atomic E-state index is 13.4. The molecule has 0 bridgehead atoms. The summed E-state index contributed by atoms with van der Waals surface area (Å²) in [6.45, 7) is 3.81. The first-order valence-corrected chi connectivity index (χ1v) is 12.0. The molecule has 0 N–H and O–H groups in total. The zero-order valence-corrected chi connectivity index (χ0v) is 21.6. The molecule has 0 amide bonds. The molecule has 4 aromatic rings. The molecule has 1 atom stereocenters. The summed E-state index contributed by atoms with van der Waals surface area (Å²) in [6.07, 6.45) is 0.714. The summed E-state index contributed by atoms with van der Waals surface area (Å²) >= 11 is 3.49. The SMILES string of the molecule is CCOc1cc(C=Nn2c(-c3ccccc3)nc3ccccc3c2=O)cc(Br)c1O[C@H](C)C(=O)OC. The Morgan fingerprint density at radius 3 is 2.58 bits per heavy atom. The van der Waals surface area contributed by atoms with Gasteiger partial charge in [0.2, 0.25) is 0 Å². The van der Waals surface area contributed by atoms with E-state index >= 15 is 0 Å². The minimum atomic E-state index is -0.833. The van der Waals surface area contributed by atoms with Crippen molar-refractivity contribution < 1.29 is 19.0 Å². The van der Waals surface area contributed by atoms with Crippen molar-refractivity contribution in [3.8, 4) is 22.9 Å². The summed E-state index contributed by atoms with van der Waals surface area (Å²) in [5, 5.41) is 4.97. The second-order valence-electron chi connectivity index (χ2n) is 7.73. The largest absolute Gasteiger partial charge is 0.490 e. The fraction of sp³-hybridized carbons (Fsp3) is 0.185. The number of methoxy groups -OCH3 is 1. The highest BCUT2D eigenvalue weighted by molar-refractivity contribution is 9.10. The van der Waals surface area contributed by atoms with E-state index in [-0.39, 0.29) is 5.56 Å². The smallest absolute Gasteiger partial charge is 0.346 e. The number of halogens is 1. The third kappa shape index (κ3) is 5.31. The zero-order chi connectivity index (χ0) is 25.7. The summed E-state index contributed by atoms with van der Waals surface area (Å²) in [6, 6.07) is 20.0. The van der Waals surface area contributed by atoms with E-state index in [4.69, 9.17) is 19.2 Å². The van der Waals surface area contributed by atoms with Crippen molar-refractivity contribution >= 4 is 39.0 Å². The number of benzene rings is 3. The molecule has 1 aromatic heterocycles. The molecule has 8 nitrogen and oxygen atoms in total. The second-order valence-corrected chi connectivity index (χ2v) is 8.58. The molecule has 0 unspecified atom stereocenters. The number of ether oxygens (including phenoxy) is 3. The van der Waals surface area contributed by atoms with Crippen LogP contribution in [0.15, 0.2) is 81.1 Å². The first-order valence-electron chi connectivity index (χ1n) is 11.2. The number of para-hydroxylation sites is 1. The molecular formula is C27H24BrN3O5. The Morgan fingerprint density at radius 2 is 1.86 bits per heavy atom. The minimum Gasteiger partial charge on any atom is -0.490 e. The third-order valence-corrected chi connectivity index (χ3v) is 5.86. The monoisotopic (exact) mass is 549 g/mol. The van der Waals surface area contributed by atoms with Crippen molar-refractivity contribution in [2.45, 2.75) is 20.0 Å². The van der Waals surface area contributed by atoms with Crippen LogP contribution in [0, 0.1) is 0 Å². The molecule has 0 saturated heterocycles. The summed E-state index contributed by atoms with van der Waals surface area (Å²) in [5.41, 5.74) is 1.71. The van der Waals surface area contributed by atoms with Crippen LogP contribution in [0.2, 0.25) is 0 Å². The van der Waals surface area contributed by atoms with E-state index in [9.17, 15) is 9.59 Å². The van der Waals surface area contributed by atoms with Gasteiger partial charge in [0, 0.05) is 5.56 Å². The number of hydrogen-bond donors (Lipinski definition) is 0. The van der Waals surface area contributed by atoms with Gasteiger partial charge in [-0.05, 0) is 59.6 Å². The Hall–Kier alpha value is -3.98. The van der Waals surface area contributed by atoms with Crippen LogP contribution in [0.4, 0.5) is 0 Å². The van der Waals surface area contributed by atoms with Gasteiger partial charge in [-0.25, -0.2) is 9.78 Å². The van der Waals surface area contributed by atoms with E-state index in [1.165, 1.54) is 11.8 Å². The van der Waals surface area contributed by atoms with E-state index in [0.29, 0.717) is 44.9 Å². The summed E-state index contributed by atoms with van der Waals surface area (Å²) in [4.78, 5) is 29.9. The maximum atomic E-state index is 13.4. The fourth-order valence-corrected chi connectivity index (χ4v) is 4.11. The molecule has 0 fully saturated rings. The highest BCUT2D eigenvalue weighted by Gasteiger charge is 2.20. The number of rotatable bonds is 8. The third-order valence-electron chi connectivity index (χ3n) is 5.27. The van der Waals surface area contributed by atoms with Gasteiger partial charge in [-0.1, -0.05) is 42.5 Å². The van der Waals surface area contributed by atoms with Crippen LogP contribution in [0.5, 0.6) is 11.5 Å². The summed E-state index contributed by atoms with van der Waals surface area (Å²) in [7, 11) is 1.30. The first kappa shape index (κ1) is 25.1. The van der Waals surface area contributed by atoms with Crippen molar-refractivity contribution in [3.63, 3.8) is 0 Å². The number of aromatic nitrogens is 2. The lowest BCUT2D eigenvalue weighted by Gasteiger charge is -2.17. The number of hydrogen-bond acceptors (Lipinski definition) is 7. The molecule has 0 aliphatic heterocycles. The van der Waals surface area contributed by atoms with Crippen molar-refractivity contribution in [2.75, 3.05) is 13.7 Å². The quantitative estimate of drug-likeness (QED) is 0.225. The molecule has 36 heavy (non-hydrogen) atoms. The molecule has 1 heterocycles. The lowest BCUT2D eigenvalue weighted by molar-refractivity contribution is -0.147. The van der Waals surface area contributed by atoms with Gasteiger partial charge < -0.3 is 14.2 Å². The van der Waals surface area contributed by atoms with Gasteiger partial charge in [0.1, 0.15) is 0 Å². The van der Waals surface area contributed by atoms with E-state index in [0.717, 1.165) is 5.56 Å². The molecule has 9 heteroatoms. The van der Waals surface area contributed by atoms with Gasteiger partial charge in [-0.2, -0.15) is 9.78 Å². The minimum absolute atomic E-state index is 0.286. The van der Waals surface area contributed by atoms with Gasteiger partial charge >= 0.3 is 5.97 Å².